The van der Waals surface area contributed by atoms with Gasteiger partial charge < -0.3 is 0 Å². The summed E-state index contributed by atoms with van der Waals surface area (Å²) in [6.07, 6.45) is 3.37. The molecule has 1 aliphatic carbocycles. The Labute approximate surface area is 81.9 Å². The number of Topliss-reactive ketones (excluding diaryl/α,β-unsaturated/α-hetero) is 1. The largest absolute Gasteiger partial charge is 0.299 e. The molecule has 0 radical (unpaired) electrons. The molecule has 1 saturated carbocycles. The second kappa shape index (κ2) is 4.26. The molecule has 1 fully saturated rings. The lowest BCUT2D eigenvalue weighted by Crippen LogP contribution is -2.19. The number of carbonyl (C=O) groups is 1. The van der Waals surface area contributed by atoms with E-state index in [9.17, 15) is 4.79 Å². The van der Waals surface area contributed by atoms with E-state index in [0.29, 0.717) is 29.5 Å². The van der Waals surface area contributed by atoms with E-state index in [2.05, 4.69) is 27.7 Å². The minimum Gasteiger partial charge on any atom is -0.299 e. The lowest BCUT2D eigenvalue weighted by atomic mass is 9.89. The molecule has 76 valence electrons. The first-order valence-electron chi connectivity index (χ1n) is 5.56. The Bertz CT molecular complexity index is 182. The van der Waals surface area contributed by atoms with Gasteiger partial charge in [-0.15, -0.1) is 0 Å². The van der Waals surface area contributed by atoms with E-state index in [1.807, 2.05) is 0 Å². The summed E-state index contributed by atoms with van der Waals surface area (Å²) in [5.41, 5.74) is 0. The SMILES string of the molecule is CC(C)CC1CCC(C(C)C)C1=O. The highest BCUT2D eigenvalue weighted by molar-refractivity contribution is 5.85. The maximum Gasteiger partial charge on any atom is 0.139 e. The van der Waals surface area contributed by atoms with Crippen molar-refractivity contribution in [2.75, 3.05) is 0 Å². The molecule has 2 unspecified atom stereocenters. The summed E-state index contributed by atoms with van der Waals surface area (Å²) in [5, 5.41) is 0. The third-order valence-electron chi connectivity index (χ3n) is 3.15. The molecule has 0 aliphatic heterocycles. The van der Waals surface area contributed by atoms with Crippen molar-refractivity contribution in [2.45, 2.75) is 47.0 Å². The molecule has 0 aromatic carbocycles. The highest BCUT2D eigenvalue weighted by Crippen LogP contribution is 2.35. The summed E-state index contributed by atoms with van der Waals surface area (Å²) in [4.78, 5) is 11.9. The van der Waals surface area contributed by atoms with E-state index < -0.39 is 0 Å². The van der Waals surface area contributed by atoms with Crippen molar-refractivity contribution < 1.29 is 4.79 Å². The van der Waals surface area contributed by atoms with Crippen LogP contribution in [-0.2, 0) is 4.79 Å². The van der Waals surface area contributed by atoms with Crippen molar-refractivity contribution in [3.8, 4) is 0 Å². The van der Waals surface area contributed by atoms with Gasteiger partial charge in [0, 0.05) is 11.8 Å². The second-order valence-electron chi connectivity index (χ2n) is 5.16. The topological polar surface area (TPSA) is 17.1 Å². The van der Waals surface area contributed by atoms with Crippen LogP contribution in [0, 0.1) is 23.7 Å². The van der Waals surface area contributed by atoms with Crippen LogP contribution in [0.4, 0.5) is 0 Å². The van der Waals surface area contributed by atoms with E-state index in [1.54, 1.807) is 0 Å². The maximum absolute atomic E-state index is 11.9. The fourth-order valence-electron chi connectivity index (χ4n) is 2.43. The Morgan fingerprint density at radius 3 is 2.23 bits per heavy atom. The Morgan fingerprint density at radius 1 is 1.23 bits per heavy atom. The Kier molecular flexibility index (Phi) is 3.52. The zero-order valence-electron chi connectivity index (χ0n) is 9.34. The van der Waals surface area contributed by atoms with E-state index in [1.165, 1.54) is 0 Å². The van der Waals surface area contributed by atoms with E-state index >= 15 is 0 Å². The number of hydrogen-bond donors (Lipinski definition) is 0. The first-order valence-corrected chi connectivity index (χ1v) is 5.56. The zero-order chi connectivity index (χ0) is 10.0. The van der Waals surface area contributed by atoms with Crippen LogP contribution >= 0.6 is 0 Å². The summed E-state index contributed by atoms with van der Waals surface area (Å²) >= 11 is 0. The van der Waals surface area contributed by atoms with Crippen molar-refractivity contribution in [1.29, 1.82) is 0 Å². The molecule has 0 N–H and O–H groups in total. The maximum atomic E-state index is 11.9. The standard InChI is InChI=1S/C12H22O/c1-8(2)7-10-5-6-11(9(3)4)12(10)13/h8-11H,5-7H2,1-4H3. The van der Waals surface area contributed by atoms with Gasteiger partial charge in [0.1, 0.15) is 5.78 Å². The van der Waals surface area contributed by atoms with Crippen molar-refractivity contribution in [3.63, 3.8) is 0 Å². The molecular formula is C12H22O. The molecule has 0 spiro atoms. The van der Waals surface area contributed by atoms with Crippen molar-refractivity contribution in [2.24, 2.45) is 23.7 Å². The van der Waals surface area contributed by atoms with Gasteiger partial charge in [0.25, 0.3) is 0 Å². The molecule has 1 aliphatic rings. The lowest BCUT2D eigenvalue weighted by Gasteiger charge is -2.14. The molecule has 2 atom stereocenters. The highest BCUT2D eigenvalue weighted by atomic mass is 16.1. The molecule has 1 nitrogen and oxygen atoms in total. The smallest absolute Gasteiger partial charge is 0.139 e. The molecule has 13 heavy (non-hydrogen) atoms. The molecular weight excluding hydrogens is 160 g/mol. The summed E-state index contributed by atoms with van der Waals surface area (Å²) in [6.45, 7) is 8.74. The summed E-state index contributed by atoms with van der Waals surface area (Å²) in [6, 6.07) is 0. The van der Waals surface area contributed by atoms with Crippen LogP contribution in [0.5, 0.6) is 0 Å². The zero-order valence-corrected chi connectivity index (χ0v) is 9.34. The van der Waals surface area contributed by atoms with Gasteiger partial charge in [-0.25, -0.2) is 0 Å². The summed E-state index contributed by atoms with van der Waals surface area (Å²) in [5.74, 6) is 2.50. The quantitative estimate of drug-likeness (QED) is 0.654. The number of hydrogen-bond acceptors (Lipinski definition) is 1. The fraction of sp³-hybridized carbons (Fsp3) is 0.917. The molecule has 0 aromatic heterocycles. The average molecular weight is 182 g/mol. The second-order valence-corrected chi connectivity index (χ2v) is 5.16. The summed E-state index contributed by atoms with van der Waals surface area (Å²) in [7, 11) is 0. The minimum absolute atomic E-state index is 0.365. The van der Waals surface area contributed by atoms with E-state index in [4.69, 9.17) is 0 Å². The first-order chi connectivity index (χ1) is 6.02. The van der Waals surface area contributed by atoms with Gasteiger partial charge in [-0.1, -0.05) is 27.7 Å². The molecule has 0 aromatic rings. The lowest BCUT2D eigenvalue weighted by molar-refractivity contribution is -0.125. The van der Waals surface area contributed by atoms with Crippen molar-refractivity contribution in [3.05, 3.63) is 0 Å². The monoisotopic (exact) mass is 182 g/mol. The van der Waals surface area contributed by atoms with Crippen LogP contribution in [0.15, 0.2) is 0 Å². The van der Waals surface area contributed by atoms with Gasteiger partial charge in [-0.2, -0.15) is 0 Å². The normalized spacial score (nSPS) is 29.2. The van der Waals surface area contributed by atoms with Gasteiger partial charge in [-0.05, 0) is 31.1 Å². The fourth-order valence-corrected chi connectivity index (χ4v) is 2.43. The van der Waals surface area contributed by atoms with Crippen LogP contribution in [0.2, 0.25) is 0 Å². The summed E-state index contributed by atoms with van der Waals surface area (Å²) < 4.78 is 0. The molecule has 0 bridgehead atoms. The van der Waals surface area contributed by atoms with Crippen LogP contribution in [0.3, 0.4) is 0 Å². The van der Waals surface area contributed by atoms with Gasteiger partial charge >= 0.3 is 0 Å². The Hall–Kier alpha value is -0.330. The van der Waals surface area contributed by atoms with Crippen LogP contribution in [0.1, 0.15) is 47.0 Å². The van der Waals surface area contributed by atoms with Gasteiger partial charge in [0.15, 0.2) is 0 Å². The van der Waals surface area contributed by atoms with Gasteiger partial charge in [0.05, 0.1) is 0 Å². The third-order valence-corrected chi connectivity index (χ3v) is 3.15. The molecule has 1 rings (SSSR count). The average Bonchev–Trinajstić information content (AvgIpc) is 2.32. The number of carbonyl (C=O) groups excluding carboxylic acids is 1. The Morgan fingerprint density at radius 2 is 1.85 bits per heavy atom. The van der Waals surface area contributed by atoms with Gasteiger partial charge in [-0.3, -0.25) is 4.79 Å². The first kappa shape index (κ1) is 10.7. The highest BCUT2D eigenvalue weighted by Gasteiger charge is 2.35. The van der Waals surface area contributed by atoms with E-state index in [-0.39, 0.29) is 0 Å². The van der Waals surface area contributed by atoms with Gasteiger partial charge in [0.2, 0.25) is 0 Å². The van der Waals surface area contributed by atoms with Crippen molar-refractivity contribution >= 4 is 5.78 Å². The molecule has 0 saturated heterocycles. The third kappa shape index (κ3) is 2.55. The minimum atomic E-state index is 0.365. The predicted octanol–water partition coefficient (Wildman–Crippen LogP) is 3.28. The number of ketones is 1. The van der Waals surface area contributed by atoms with Crippen LogP contribution in [0.25, 0.3) is 0 Å². The predicted molar refractivity (Wildman–Crippen MR) is 55.5 cm³/mol. The molecule has 0 heterocycles. The molecule has 1 heteroatoms. The number of rotatable bonds is 3. The Balaban J connectivity index is 2.50. The van der Waals surface area contributed by atoms with Crippen molar-refractivity contribution in [1.82, 2.24) is 0 Å². The van der Waals surface area contributed by atoms with E-state index in [0.717, 1.165) is 19.3 Å². The molecule has 0 amide bonds. The van der Waals surface area contributed by atoms with Crippen LogP contribution in [-0.4, -0.2) is 5.78 Å². The van der Waals surface area contributed by atoms with Crippen LogP contribution < -0.4 is 0 Å².